The van der Waals surface area contributed by atoms with E-state index in [9.17, 15) is 19.5 Å². The lowest BCUT2D eigenvalue weighted by Crippen LogP contribution is -2.45. The molecule has 5 rings (SSSR count). The zero-order valence-corrected chi connectivity index (χ0v) is 27.9. The summed E-state index contributed by atoms with van der Waals surface area (Å²) in [6, 6.07) is 17.5. The molecule has 0 saturated heterocycles. The maximum atomic E-state index is 15.4. The first-order valence-corrected chi connectivity index (χ1v) is 15.9. The number of aromatic nitrogens is 2. The van der Waals surface area contributed by atoms with E-state index >= 15 is 4.39 Å². The van der Waals surface area contributed by atoms with Gasteiger partial charge in [0.1, 0.15) is 11.9 Å². The Kier molecular flexibility index (Phi) is 10.5. The molecule has 0 aliphatic carbocycles. The molecular weight excluding hydrogens is 649 g/mol. The Bertz CT molecular complexity index is 1960. The molecule has 0 radical (unpaired) electrons. The zero-order valence-electron chi connectivity index (χ0n) is 27.2. The summed E-state index contributed by atoms with van der Waals surface area (Å²) in [5.41, 5.74) is 10.5. The van der Waals surface area contributed by atoms with Gasteiger partial charge in [-0.05, 0) is 60.9 Å². The van der Waals surface area contributed by atoms with E-state index in [4.69, 9.17) is 22.2 Å². The Labute approximate surface area is 287 Å². The Morgan fingerprint density at radius 1 is 1.12 bits per heavy atom. The molecule has 0 fully saturated rings. The minimum Gasteiger partial charge on any atom is -0.478 e. The average molecular weight is 684 g/mol. The number of carboxylic acid groups (broad SMARTS) is 1. The number of carboxylic acids is 1. The van der Waals surface area contributed by atoms with Gasteiger partial charge in [-0.2, -0.15) is 10.6 Å². The molecule has 3 N–H and O–H groups in total. The van der Waals surface area contributed by atoms with Gasteiger partial charge in [0.25, 0.3) is 5.91 Å². The number of anilines is 1. The highest BCUT2D eigenvalue weighted by molar-refractivity contribution is 6.31. The van der Waals surface area contributed by atoms with Crippen LogP contribution in [-0.2, 0) is 29.0 Å². The number of fused-ring (bicyclic) bond motifs is 1. The fraction of sp³-hybridized carbons (Fsp3) is 0.250. The number of amides is 2. The van der Waals surface area contributed by atoms with Gasteiger partial charge in [0.15, 0.2) is 0 Å². The lowest BCUT2D eigenvalue weighted by atomic mass is 9.85. The van der Waals surface area contributed by atoms with E-state index in [-0.39, 0.29) is 22.7 Å². The number of carbonyl (C=O) groups is 3. The van der Waals surface area contributed by atoms with Crippen molar-refractivity contribution in [3.63, 3.8) is 0 Å². The molecule has 13 heteroatoms. The Hall–Kier alpha value is -5.49. The molecule has 4 aromatic rings. The van der Waals surface area contributed by atoms with E-state index in [1.807, 2.05) is 48.9 Å². The first-order valence-electron chi connectivity index (χ1n) is 15.5. The summed E-state index contributed by atoms with van der Waals surface area (Å²) in [5.74, 6) is -2.83. The van der Waals surface area contributed by atoms with Crippen LogP contribution in [-0.4, -0.2) is 50.3 Å². The second-order valence-corrected chi connectivity index (χ2v) is 12.8. The van der Waals surface area contributed by atoms with E-state index in [0.29, 0.717) is 41.9 Å². The van der Waals surface area contributed by atoms with Crippen molar-refractivity contribution >= 4 is 47.4 Å². The highest BCUT2D eigenvalue weighted by Crippen LogP contribution is 2.35. The van der Waals surface area contributed by atoms with Crippen molar-refractivity contribution in [1.82, 2.24) is 14.7 Å². The third-order valence-corrected chi connectivity index (χ3v) is 8.58. The number of benzene rings is 3. The molecule has 1 aliphatic heterocycles. The normalized spacial score (nSPS) is 14.6. The van der Waals surface area contributed by atoms with Crippen LogP contribution in [0.4, 0.5) is 10.1 Å². The molecule has 3 aromatic carbocycles. The third-order valence-electron chi connectivity index (χ3n) is 8.29. The fourth-order valence-corrected chi connectivity index (χ4v) is 6.16. The number of rotatable bonds is 11. The molecule has 1 aromatic heterocycles. The lowest BCUT2D eigenvalue weighted by Gasteiger charge is -2.35. The molecule has 2 heterocycles. The molecule has 0 spiro atoms. The molecule has 11 nitrogen and oxygen atoms in total. The number of nitrogens with zero attached hydrogens (tertiary/aromatic N) is 5. The van der Waals surface area contributed by atoms with Gasteiger partial charge in [0.05, 0.1) is 22.8 Å². The standard InChI is InChI=1S/C36H35ClFN7O4/c1-22-31-29(45(42-22)20-23-7-5-4-6-8-23)17-18-44(33(31)34(47)41-26-12-9-24(10-13-26)35(48)49)30(46)16-14-27-25(11-15-28(37)32(27)38)19-36(2,3)21-40-43-39/h4-16,21,33,39H,17-20H2,1-3H3,(H,41,47)(H,48,49)/b16-14+,40-21-,43-39?. The summed E-state index contributed by atoms with van der Waals surface area (Å²) in [5, 5.41) is 23.4. The van der Waals surface area contributed by atoms with E-state index in [1.165, 1.54) is 53.6 Å². The van der Waals surface area contributed by atoms with Gasteiger partial charge in [0, 0.05) is 53.2 Å². The molecule has 2 amide bonds. The van der Waals surface area contributed by atoms with Crippen LogP contribution in [0.5, 0.6) is 0 Å². The number of halogens is 2. The summed E-state index contributed by atoms with van der Waals surface area (Å²) < 4.78 is 17.3. The van der Waals surface area contributed by atoms with E-state index < -0.39 is 35.1 Å². The van der Waals surface area contributed by atoms with Gasteiger partial charge in [0.2, 0.25) is 5.91 Å². The summed E-state index contributed by atoms with van der Waals surface area (Å²) in [7, 11) is 0. The third kappa shape index (κ3) is 7.98. The number of hydrogen-bond acceptors (Lipinski definition) is 6. The molecule has 1 atom stereocenters. The fourth-order valence-electron chi connectivity index (χ4n) is 5.99. The van der Waals surface area contributed by atoms with Crippen LogP contribution in [0.15, 0.2) is 83.1 Å². The summed E-state index contributed by atoms with van der Waals surface area (Å²) in [4.78, 5) is 40.8. The van der Waals surface area contributed by atoms with E-state index in [1.54, 1.807) is 13.0 Å². The van der Waals surface area contributed by atoms with Crippen LogP contribution in [0, 0.1) is 23.7 Å². The van der Waals surface area contributed by atoms with Crippen LogP contribution in [0.3, 0.4) is 0 Å². The number of aromatic carboxylic acids is 1. The molecule has 0 bridgehead atoms. The quantitative estimate of drug-likeness (QED) is 0.0667. The summed E-state index contributed by atoms with van der Waals surface area (Å²) in [6.45, 7) is 6.16. The lowest BCUT2D eigenvalue weighted by molar-refractivity contribution is -0.135. The smallest absolute Gasteiger partial charge is 0.335 e. The molecular formula is C36H35ClFN7O4. The Balaban J connectivity index is 1.50. The van der Waals surface area contributed by atoms with Crippen LogP contribution in [0.25, 0.3) is 6.08 Å². The van der Waals surface area contributed by atoms with Crippen molar-refractivity contribution in [1.29, 1.82) is 5.53 Å². The highest BCUT2D eigenvalue weighted by Gasteiger charge is 2.39. The van der Waals surface area contributed by atoms with Crippen molar-refractivity contribution in [2.75, 3.05) is 11.9 Å². The molecule has 49 heavy (non-hydrogen) atoms. The predicted molar refractivity (Wildman–Crippen MR) is 184 cm³/mol. The van der Waals surface area contributed by atoms with Gasteiger partial charge in [-0.1, -0.05) is 67.1 Å². The monoisotopic (exact) mass is 683 g/mol. The Morgan fingerprint density at radius 3 is 2.51 bits per heavy atom. The average Bonchev–Trinajstić information content (AvgIpc) is 3.39. The van der Waals surface area contributed by atoms with Crippen molar-refractivity contribution in [2.45, 2.75) is 46.2 Å². The molecule has 1 unspecified atom stereocenters. The van der Waals surface area contributed by atoms with E-state index in [0.717, 1.165) is 11.3 Å². The maximum absolute atomic E-state index is 15.4. The van der Waals surface area contributed by atoms with Gasteiger partial charge in [-0.3, -0.25) is 14.3 Å². The summed E-state index contributed by atoms with van der Waals surface area (Å²) in [6.07, 6.45) is 4.82. The van der Waals surface area contributed by atoms with E-state index in [2.05, 4.69) is 15.6 Å². The highest BCUT2D eigenvalue weighted by atomic mass is 35.5. The minimum atomic E-state index is -1.10. The van der Waals surface area contributed by atoms with Crippen molar-refractivity contribution in [3.05, 3.63) is 123 Å². The molecule has 0 saturated carbocycles. The van der Waals surface area contributed by atoms with Crippen LogP contribution < -0.4 is 5.32 Å². The van der Waals surface area contributed by atoms with Gasteiger partial charge in [-0.15, -0.1) is 5.10 Å². The van der Waals surface area contributed by atoms with Crippen LogP contribution in [0.1, 0.15) is 63.9 Å². The maximum Gasteiger partial charge on any atom is 0.335 e. The van der Waals surface area contributed by atoms with Crippen molar-refractivity contribution in [3.8, 4) is 0 Å². The van der Waals surface area contributed by atoms with Crippen molar-refractivity contribution in [2.24, 2.45) is 15.7 Å². The SMILES string of the molecule is Cc1nn(Cc2ccccc2)c2c1C(C(=O)Nc1ccc(C(=O)O)cc1)N(C(=O)/C=C/c1c(CC(C)(C)/C=N\N=N)ccc(Cl)c1F)CC2. The number of carbonyl (C=O) groups excluding carboxylic acids is 2. The van der Waals surface area contributed by atoms with Crippen LogP contribution in [0.2, 0.25) is 5.02 Å². The predicted octanol–water partition coefficient (Wildman–Crippen LogP) is 7.09. The largest absolute Gasteiger partial charge is 0.478 e. The number of nitrogens with one attached hydrogen (secondary N) is 2. The number of hydrogen-bond donors (Lipinski definition) is 3. The summed E-state index contributed by atoms with van der Waals surface area (Å²) >= 11 is 6.14. The zero-order chi connectivity index (χ0) is 35.3. The van der Waals surface area contributed by atoms with Gasteiger partial charge >= 0.3 is 5.97 Å². The molecule has 1 aliphatic rings. The van der Waals surface area contributed by atoms with Gasteiger partial charge in [-0.25, -0.2) is 9.18 Å². The van der Waals surface area contributed by atoms with Gasteiger partial charge < -0.3 is 15.3 Å². The van der Waals surface area contributed by atoms with Crippen LogP contribution >= 0.6 is 11.6 Å². The number of aryl methyl sites for hydroxylation is 1. The Morgan fingerprint density at radius 2 is 1.84 bits per heavy atom. The first kappa shape index (κ1) is 34.8. The second kappa shape index (κ2) is 14.7. The minimum absolute atomic E-state index is 0.0626. The first-order chi connectivity index (χ1) is 23.4. The second-order valence-electron chi connectivity index (χ2n) is 12.4. The topological polar surface area (TPSA) is 153 Å². The molecule has 252 valence electrons. The van der Waals surface area contributed by atoms with Crippen molar-refractivity contribution < 1.29 is 23.9 Å².